The fraction of sp³-hybridized carbons (Fsp3) is 0.581. The molecule has 12 nitrogen and oxygen atoms in total. The molecule has 1 saturated heterocycles. The van der Waals surface area contributed by atoms with Crippen molar-refractivity contribution in [1.29, 1.82) is 0 Å². The quantitative estimate of drug-likeness (QED) is 0.320. The van der Waals surface area contributed by atoms with Gasteiger partial charge < -0.3 is 34.3 Å². The van der Waals surface area contributed by atoms with Crippen molar-refractivity contribution in [3.05, 3.63) is 47.0 Å². The standard InChI is InChI=1S/C31H36O12/c1-15-19(35)12-31(39)26(42-27(38)18-9-7-6-8-10-18)24-29(13-32,20(36)11-21-30(24,14-40-21)43-17(3)34)25(37)23(41-16(2)33)22(15)28(31,4)5/h6-10,20-21,23-24,26,32,36,39H,11-14H2,1-5H3/t20?,21?,23?,24-,26?,29+,30-,31+/m0/s1. The molecule has 0 spiro atoms. The molecule has 43 heavy (non-hydrogen) atoms. The van der Waals surface area contributed by atoms with Crippen molar-refractivity contribution in [2.45, 2.75) is 83.1 Å². The molecule has 1 heterocycles. The molecule has 5 rings (SSSR count). The van der Waals surface area contributed by atoms with E-state index in [1.165, 1.54) is 32.9 Å². The molecule has 12 heteroatoms. The average Bonchev–Trinajstić information content (AvgIpc) is 2.93. The second-order valence-corrected chi connectivity index (χ2v) is 12.5. The molecule has 0 amide bonds. The van der Waals surface area contributed by atoms with E-state index < -0.39 is 94.9 Å². The third kappa shape index (κ3) is 4.21. The number of rotatable bonds is 5. The van der Waals surface area contributed by atoms with E-state index in [0.717, 1.165) is 13.8 Å². The lowest BCUT2D eigenvalue weighted by Gasteiger charge is -2.67. The van der Waals surface area contributed by atoms with Crippen LogP contribution in [0, 0.1) is 16.7 Å². The molecule has 1 aliphatic heterocycles. The van der Waals surface area contributed by atoms with Crippen LogP contribution in [0.1, 0.15) is 57.8 Å². The fourth-order valence-corrected chi connectivity index (χ4v) is 7.81. The van der Waals surface area contributed by atoms with Gasteiger partial charge in [0.05, 0.1) is 36.2 Å². The Morgan fingerprint density at radius 1 is 1.05 bits per heavy atom. The summed E-state index contributed by atoms with van der Waals surface area (Å²) in [5.74, 6) is -5.85. The van der Waals surface area contributed by atoms with E-state index in [1.54, 1.807) is 18.2 Å². The highest BCUT2D eigenvalue weighted by molar-refractivity contribution is 6.03. The van der Waals surface area contributed by atoms with Gasteiger partial charge in [0.2, 0.25) is 0 Å². The summed E-state index contributed by atoms with van der Waals surface area (Å²) < 4.78 is 23.2. The Bertz CT molecular complexity index is 1410. The zero-order chi connectivity index (χ0) is 31.7. The summed E-state index contributed by atoms with van der Waals surface area (Å²) in [5, 5.41) is 35.6. The molecule has 0 radical (unpaired) electrons. The Balaban J connectivity index is 1.87. The predicted molar refractivity (Wildman–Crippen MR) is 145 cm³/mol. The molecule has 2 bridgehead atoms. The average molecular weight is 601 g/mol. The van der Waals surface area contributed by atoms with Gasteiger partial charge in [0.15, 0.2) is 23.3 Å². The van der Waals surface area contributed by atoms with E-state index in [-0.39, 0.29) is 29.7 Å². The predicted octanol–water partition coefficient (Wildman–Crippen LogP) is 0.833. The zero-order valence-electron chi connectivity index (χ0n) is 24.6. The van der Waals surface area contributed by atoms with E-state index >= 15 is 0 Å². The van der Waals surface area contributed by atoms with Gasteiger partial charge in [-0.15, -0.1) is 0 Å². The number of Topliss-reactive ketones (excluding diaryl/α,β-unsaturated/α-hetero) is 2. The van der Waals surface area contributed by atoms with Gasteiger partial charge in [-0.1, -0.05) is 32.0 Å². The van der Waals surface area contributed by atoms with Crippen molar-refractivity contribution in [3.63, 3.8) is 0 Å². The SMILES string of the molecule is CC(=O)OC1C(=O)[C@]2(CO)C(O)CC3OC[C@@]3(OC(C)=O)[C@H]2C(OC(=O)c2ccccc2)[C@]2(O)CC(=O)C(C)=C1C2(C)C. The van der Waals surface area contributed by atoms with Gasteiger partial charge in [0.25, 0.3) is 0 Å². The number of carbonyl (C=O) groups is 5. The van der Waals surface area contributed by atoms with Crippen molar-refractivity contribution in [2.24, 2.45) is 16.7 Å². The summed E-state index contributed by atoms with van der Waals surface area (Å²) in [6.07, 6.45) is -7.22. The summed E-state index contributed by atoms with van der Waals surface area (Å²) in [6, 6.07) is 7.80. The van der Waals surface area contributed by atoms with Crippen LogP contribution in [0.2, 0.25) is 0 Å². The molecule has 3 aliphatic carbocycles. The molecule has 232 valence electrons. The third-order valence-electron chi connectivity index (χ3n) is 10.0. The number of hydrogen-bond donors (Lipinski definition) is 3. The number of esters is 3. The first kappa shape index (κ1) is 31.0. The number of allylic oxidation sites excluding steroid dienone is 1. The molecule has 8 atom stereocenters. The minimum atomic E-state index is -2.32. The molecule has 3 N–H and O–H groups in total. The van der Waals surface area contributed by atoms with Gasteiger partial charge in [0.1, 0.15) is 17.8 Å². The third-order valence-corrected chi connectivity index (χ3v) is 10.0. The summed E-state index contributed by atoms with van der Waals surface area (Å²) in [4.78, 5) is 67.1. The Morgan fingerprint density at radius 2 is 1.70 bits per heavy atom. The topological polar surface area (TPSA) is 183 Å². The van der Waals surface area contributed by atoms with Crippen molar-refractivity contribution >= 4 is 29.5 Å². The highest BCUT2D eigenvalue weighted by Crippen LogP contribution is 2.63. The smallest absolute Gasteiger partial charge is 0.338 e. The minimum Gasteiger partial charge on any atom is -0.455 e. The van der Waals surface area contributed by atoms with Crippen LogP contribution in [0.3, 0.4) is 0 Å². The Morgan fingerprint density at radius 3 is 2.23 bits per heavy atom. The van der Waals surface area contributed by atoms with Crippen molar-refractivity contribution in [1.82, 2.24) is 0 Å². The maximum Gasteiger partial charge on any atom is 0.338 e. The largest absolute Gasteiger partial charge is 0.455 e. The number of ether oxygens (including phenoxy) is 4. The molecule has 3 fully saturated rings. The summed E-state index contributed by atoms with van der Waals surface area (Å²) >= 11 is 0. The van der Waals surface area contributed by atoms with Crippen LogP contribution >= 0.6 is 0 Å². The zero-order valence-corrected chi connectivity index (χ0v) is 24.6. The lowest BCUT2D eigenvalue weighted by Crippen LogP contribution is -2.83. The summed E-state index contributed by atoms with van der Waals surface area (Å²) in [6.45, 7) is 5.29. The fourth-order valence-electron chi connectivity index (χ4n) is 7.81. The van der Waals surface area contributed by atoms with Crippen molar-refractivity contribution in [3.8, 4) is 0 Å². The number of fused-ring (bicyclic) bond motifs is 5. The molecule has 0 aromatic heterocycles. The number of aliphatic hydroxyl groups is 3. The van der Waals surface area contributed by atoms with E-state index in [1.807, 2.05) is 0 Å². The van der Waals surface area contributed by atoms with Gasteiger partial charge in [-0.2, -0.15) is 0 Å². The normalized spacial score (nSPS) is 38.0. The van der Waals surface area contributed by atoms with Crippen LogP contribution in [0.15, 0.2) is 41.5 Å². The molecule has 4 aliphatic rings. The maximum absolute atomic E-state index is 14.8. The second kappa shape index (κ2) is 10.3. The number of hydrogen-bond acceptors (Lipinski definition) is 12. The van der Waals surface area contributed by atoms with Crippen LogP contribution in [-0.2, 0) is 38.1 Å². The highest BCUT2D eigenvalue weighted by atomic mass is 16.6. The lowest BCUT2D eigenvalue weighted by molar-refractivity contribution is -0.349. The maximum atomic E-state index is 14.8. The molecule has 1 aromatic rings. The van der Waals surface area contributed by atoms with Gasteiger partial charge in [-0.05, 0) is 30.2 Å². The Hall–Kier alpha value is -3.45. The van der Waals surface area contributed by atoms with Crippen LogP contribution in [0.4, 0.5) is 0 Å². The summed E-state index contributed by atoms with van der Waals surface area (Å²) in [7, 11) is 0. The van der Waals surface area contributed by atoms with Crippen LogP contribution < -0.4 is 0 Å². The molecule has 2 saturated carbocycles. The Kier molecular flexibility index (Phi) is 7.44. The van der Waals surface area contributed by atoms with Crippen LogP contribution in [0.25, 0.3) is 0 Å². The first-order valence-electron chi connectivity index (χ1n) is 14.1. The van der Waals surface area contributed by atoms with Crippen molar-refractivity contribution in [2.75, 3.05) is 13.2 Å². The number of aliphatic hydroxyl groups excluding tert-OH is 2. The minimum absolute atomic E-state index is 0.0424. The van der Waals surface area contributed by atoms with Gasteiger partial charge in [-0.3, -0.25) is 19.2 Å². The summed E-state index contributed by atoms with van der Waals surface area (Å²) in [5.41, 5.74) is -7.90. The van der Waals surface area contributed by atoms with Crippen molar-refractivity contribution < 1.29 is 58.2 Å². The number of ketones is 2. The van der Waals surface area contributed by atoms with Crippen LogP contribution in [0.5, 0.6) is 0 Å². The van der Waals surface area contributed by atoms with E-state index in [0.29, 0.717) is 0 Å². The lowest BCUT2D eigenvalue weighted by atomic mass is 9.44. The Labute approximate surface area is 247 Å². The molecular formula is C31H36O12. The highest BCUT2D eigenvalue weighted by Gasteiger charge is 2.79. The first-order chi connectivity index (χ1) is 20.1. The molecule has 4 unspecified atom stereocenters. The number of carbonyl (C=O) groups excluding carboxylic acids is 5. The van der Waals surface area contributed by atoms with Gasteiger partial charge >= 0.3 is 17.9 Å². The molecule has 1 aromatic carbocycles. The van der Waals surface area contributed by atoms with Crippen LogP contribution in [-0.4, -0.2) is 93.6 Å². The monoisotopic (exact) mass is 600 g/mol. The second-order valence-electron chi connectivity index (χ2n) is 12.5. The van der Waals surface area contributed by atoms with E-state index in [2.05, 4.69) is 0 Å². The van der Waals surface area contributed by atoms with E-state index in [9.17, 15) is 39.3 Å². The van der Waals surface area contributed by atoms with Gasteiger partial charge in [-0.25, -0.2) is 4.79 Å². The van der Waals surface area contributed by atoms with Gasteiger partial charge in [0, 0.05) is 32.1 Å². The number of benzene rings is 1. The molecular weight excluding hydrogens is 564 g/mol. The first-order valence-corrected chi connectivity index (χ1v) is 14.1. The van der Waals surface area contributed by atoms with E-state index in [4.69, 9.17) is 18.9 Å².